The fraction of sp³-hybridized carbons (Fsp3) is 0.444. The number of carbonyl (C=O) groups is 1. The van der Waals surface area contributed by atoms with Gasteiger partial charge < -0.3 is 34.1 Å². The molecule has 2 N–H and O–H groups in total. The van der Waals surface area contributed by atoms with E-state index in [0.717, 1.165) is 22.7 Å². The molecule has 5 rings (SSSR count). The van der Waals surface area contributed by atoms with Crippen LogP contribution in [0.5, 0.6) is 17.2 Å². The van der Waals surface area contributed by atoms with Gasteiger partial charge in [0.2, 0.25) is 23.1 Å². The zero-order chi connectivity index (χ0) is 27.4. The molecule has 2 atom stereocenters. The van der Waals surface area contributed by atoms with Gasteiger partial charge in [0.05, 0.1) is 25.2 Å². The number of rotatable bonds is 12. The average Bonchev–Trinajstić information content (AvgIpc) is 3.64. The van der Waals surface area contributed by atoms with Crippen LogP contribution in [-0.4, -0.2) is 76.3 Å². The summed E-state index contributed by atoms with van der Waals surface area (Å²) in [6, 6.07) is 11.8. The second kappa shape index (κ2) is 11.8. The van der Waals surface area contributed by atoms with E-state index in [-0.39, 0.29) is 61.6 Å². The maximum Gasteiger partial charge on any atom is 0.286 e. The highest BCUT2D eigenvalue weighted by molar-refractivity contribution is 7.89. The number of ether oxygens (including phenoxy) is 5. The minimum absolute atomic E-state index is 0.00850. The number of hydrogen-bond donors (Lipinski definition) is 2. The van der Waals surface area contributed by atoms with Crippen molar-refractivity contribution in [2.45, 2.75) is 42.4 Å². The molecule has 0 aromatic heterocycles. The number of hydrogen-bond acceptors (Lipinski definition) is 9. The second-order valence-corrected chi connectivity index (χ2v) is 11.4. The summed E-state index contributed by atoms with van der Waals surface area (Å²) < 4.78 is 55.4. The highest BCUT2D eigenvalue weighted by Gasteiger charge is 2.33. The van der Waals surface area contributed by atoms with E-state index in [2.05, 4.69) is 5.32 Å². The third-order valence-corrected chi connectivity index (χ3v) is 8.62. The third kappa shape index (κ3) is 6.47. The predicted molar refractivity (Wildman–Crippen MR) is 139 cm³/mol. The van der Waals surface area contributed by atoms with Crippen molar-refractivity contribution < 1.29 is 42.0 Å². The van der Waals surface area contributed by atoms with Gasteiger partial charge in [-0.2, -0.15) is 4.31 Å². The number of amides is 1. The van der Waals surface area contributed by atoms with E-state index in [9.17, 15) is 18.3 Å². The Kier molecular flexibility index (Phi) is 8.26. The standard InChI is InChI=1S/C27H32N2O9S/c1-34-21-5-7-22(8-6-21)39(32,33)29(10-12-30)11-13-35-26-16-19(15-25(38-26)27(31)28-20-3-4-20)18-2-9-23-24(14-18)37-17-36-23/h2,5-9,14-15,19-20,26,30H,3-4,10-13,16-17H2,1H3,(H,28,31)/t19-,26+/m0/s1. The number of nitrogens with zero attached hydrogens (tertiary/aromatic N) is 1. The van der Waals surface area contributed by atoms with E-state index in [1.165, 1.54) is 19.2 Å². The van der Waals surface area contributed by atoms with E-state index in [1.54, 1.807) is 18.2 Å². The van der Waals surface area contributed by atoms with Gasteiger partial charge in [0.15, 0.2) is 17.3 Å². The molecular weight excluding hydrogens is 528 g/mol. The average molecular weight is 561 g/mol. The van der Waals surface area contributed by atoms with Crippen LogP contribution in [0, 0.1) is 0 Å². The molecule has 2 heterocycles. The van der Waals surface area contributed by atoms with Gasteiger partial charge in [0, 0.05) is 31.5 Å². The Balaban J connectivity index is 1.27. The molecule has 0 radical (unpaired) electrons. The maximum atomic E-state index is 13.2. The topological polar surface area (TPSA) is 133 Å². The quantitative estimate of drug-likeness (QED) is 0.401. The van der Waals surface area contributed by atoms with Gasteiger partial charge in [-0.3, -0.25) is 4.79 Å². The van der Waals surface area contributed by atoms with Crippen LogP contribution in [0.1, 0.15) is 30.7 Å². The smallest absolute Gasteiger partial charge is 0.286 e. The molecule has 11 nitrogen and oxygen atoms in total. The van der Waals surface area contributed by atoms with Crippen LogP contribution in [0.4, 0.5) is 0 Å². The van der Waals surface area contributed by atoms with E-state index in [1.807, 2.05) is 18.2 Å². The number of fused-ring (bicyclic) bond motifs is 1. The molecule has 1 fully saturated rings. The maximum absolute atomic E-state index is 13.2. The molecule has 0 unspecified atom stereocenters. The molecule has 12 heteroatoms. The van der Waals surface area contributed by atoms with E-state index >= 15 is 0 Å². The number of benzene rings is 2. The minimum Gasteiger partial charge on any atom is -0.497 e. The van der Waals surface area contributed by atoms with Crippen LogP contribution in [0.2, 0.25) is 0 Å². The molecule has 2 aromatic carbocycles. The van der Waals surface area contributed by atoms with Gasteiger partial charge in [0.1, 0.15) is 5.75 Å². The molecule has 3 aliphatic rings. The summed E-state index contributed by atoms with van der Waals surface area (Å²) in [5, 5.41) is 12.5. The summed E-state index contributed by atoms with van der Waals surface area (Å²) in [4.78, 5) is 12.9. The van der Waals surface area contributed by atoms with Gasteiger partial charge in [0.25, 0.3) is 5.91 Å². The van der Waals surface area contributed by atoms with Gasteiger partial charge in [-0.05, 0) is 60.9 Å². The first kappa shape index (κ1) is 27.3. The van der Waals surface area contributed by atoms with Crippen molar-refractivity contribution in [1.29, 1.82) is 0 Å². The molecule has 0 saturated heterocycles. The van der Waals surface area contributed by atoms with Crippen LogP contribution >= 0.6 is 0 Å². The summed E-state index contributed by atoms with van der Waals surface area (Å²) >= 11 is 0. The molecule has 1 aliphatic carbocycles. The first-order chi connectivity index (χ1) is 18.9. The Bertz CT molecular complexity index is 1310. The lowest BCUT2D eigenvalue weighted by molar-refractivity contribution is -0.146. The van der Waals surface area contributed by atoms with E-state index in [0.29, 0.717) is 23.7 Å². The first-order valence-electron chi connectivity index (χ1n) is 12.8. The van der Waals surface area contributed by atoms with Crippen molar-refractivity contribution in [1.82, 2.24) is 9.62 Å². The monoisotopic (exact) mass is 560 g/mol. The second-order valence-electron chi connectivity index (χ2n) is 9.45. The Morgan fingerprint density at radius 1 is 1.10 bits per heavy atom. The zero-order valence-corrected chi connectivity index (χ0v) is 22.4. The van der Waals surface area contributed by atoms with Crippen molar-refractivity contribution in [2.75, 3.05) is 40.2 Å². The van der Waals surface area contributed by atoms with E-state index in [4.69, 9.17) is 23.7 Å². The molecule has 0 spiro atoms. The number of carbonyl (C=O) groups excluding carboxylic acids is 1. The van der Waals surface area contributed by atoms with Crippen molar-refractivity contribution >= 4 is 15.9 Å². The van der Waals surface area contributed by atoms with Crippen LogP contribution in [0.25, 0.3) is 0 Å². The lowest BCUT2D eigenvalue weighted by Crippen LogP contribution is -2.38. The number of aliphatic hydroxyl groups is 1. The Morgan fingerprint density at radius 3 is 2.59 bits per heavy atom. The predicted octanol–water partition coefficient (Wildman–Crippen LogP) is 2.12. The van der Waals surface area contributed by atoms with Crippen LogP contribution in [0.3, 0.4) is 0 Å². The van der Waals surface area contributed by atoms with Gasteiger partial charge in [-0.25, -0.2) is 8.42 Å². The molecular formula is C27H32N2O9S. The first-order valence-corrected chi connectivity index (χ1v) is 14.3. The zero-order valence-electron chi connectivity index (χ0n) is 21.6. The Hall–Kier alpha value is -3.32. The summed E-state index contributed by atoms with van der Waals surface area (Å²) in [5.74, 6) is 1.50. The molecule has 2 aliphatic heterocycles. The Morgan fingerprint density at radius 2 is 1.87 bits per heavy atom. The summed E-state index contributed by atoms with van der Waals surface area (Å²) in [7, 11) is -2.39. The SMILES string of the molecule is COc1ccc(S(=O)(=O)N(CCO)CCO[C@H]2C[C@@H](c3ccc4c(c3)OCO4)C=C(C(=O)NC3CC3)O2)cc1. The number of aliphatic hydroxyl groups excluding tert-OH is 1. The number of allylic oxidation sites excluding steroid dienone is 1. The third-order valence-electron chi connectivity index (χ3n) is 6.71. The summed E-state index contributed by atoms with van der Waals surface area (Å²) in [6.45, 7) is -0.317. The Labute approximate surface area is 227 Å². The van der Waals surface area contributed by atoms with Crippen molar-refractivity contribution in [3.8, 4) is 17.2 Å². The van der Waals surface area contributed by atoms with E-state index < -0.39 is 16.3 Å². The number of methoxy groups -OCH3 is 1. The molecule has 1 saturated carbocycles. The van der Waals surface area contributed by atoms with Gasteiger partial charge in [-0.1, -0.05) is 6.07 Å². The fourth-order valence-electron chi connectivity index (χ4n) is 4.43. The largest absolute Gasteiger partial charge is 0.497 e. The summed E-state index contributed by atoms with van der Waals surface area (Å²) in [5.41, 5.74) is 0.914. The van der Waals surface area contributed by atoms with Gasteiger partial charge >= 0.3 is 0 Å². The van der Waals surface area contributed by atoms with Gasteiger partial charge in [-0.15, -0.1) is 0 Å². The molecule has 39 heavy (non-hydrogen) atoms. The van der Waals surface area contributed by atoms with Crippen LogP contribution in [0.15, 0.2) is 59.2 Å². The molecule has 2 aromatic rings. The van der Waals surface area contributed by atoms with Crippen molar-refractivity contribution in [3.63, 3.8) is 0 Å². The molecule has 1 amide bonds. The van der Waals surface area contributed by atoms with Crippen molar-refractivity contribution in [2.24, 2.45) is 0 Å². The van der Waals surface area contributed by atoms with Crippen LogP contribution < -0.4 is 19.5 Å². The fourth-order valence-corrected chi connectivity index (χ4v) is 5.84. The minimum atomic E-state index is -3.89. The molecule has 0 bridgehead atoms. The lowest BCUT2D eigenvalue weighted by Gasteiger charge is -2.30. The molecule has 210 valence electrons. The lowest BCUT2D eigenvalue weighted by atomic mass is 9.92. The number of sulfonamides is 1. The normalized spacial score (nSPS) is 20.3. The summed E-state index contributed by atoms with van der Waals surface area (Å²) in [6.07, 6.45) is 3.28. The van der Waals surface area contributed by atoms with Crippen molar-refractivity contribution in [3.05, 3.63) is 59.9 Å². The number of nitrogens with one attached hydrogen (secondary N) is 1. The highest BCUT2D eigenvalue weighted by atomic mass is 32.2. The van der Waals surface area contributed by atoms with Crippen LogP contribution in [-0.2, 0) is 24.3 Å². The highest BCUT2D eigenvalue weighted by Crippen LogP contribution is 2.38.